The smallest absolute Gasteiger partial charge is 0.338 e. The zero-order valence-corrected chi connectivity index (χ0v) is 12.7. The Kier molecular flexibility index (Phi) is 4.15. The number of hydrogen-bond donors (Lipinski definition) is 0. The van der Waals surface area contributed by atoms with Crippen LogP contribution in [0, 0.1) is 0 Å². The van der Waals surface area contributed by atoms with Crippen molar-refractivity contribution in [1.29, 1.82) is 0 Å². The van der Waals surface area contributed by atoms with Crippen molar-refractivity contribution in [3.63, 3.8) is 0 Å². The van der Waals surface area contributed by atoms with Crippen LogP contribution in [0.5, 0.6) is 5.75 Å². The molecule has 0 aromatic heterocycles. The molecular formula is C17H23NO3. The SMILES string of the molecule is CCOc1ccc(C(=O)OC2C[C@H]3CC[C@H](C2)N3C)cc1. The molecule has 4 heteroatoms. The molecule has 1 aromatic rings. The van der Waals surface area contributed by atoms with Crippen LogP contribution in [0.2, 0.25) is 0 Å². The van der Waals surface area contributed by atoms with Gasteiger partial charge in [-0.25, -0.2) is 4.79 Å². The summed E-state index contributed by atoms with van der Waals surface area (Å²) in [6.07, 6.45) is 4.47. The van der Waals surface area contributed by atoms with E-state index in [0.29, 0.717) is 24.3 Å². The number of ether oxygens (including phenoxy) is 2. The number of piperidine rings is 1. The van der Waals surface area contributed by atoms with Crippen molar-refractivity contribution >= 4 is 5.97 Å². The summed E-state index contributed by atoms with van der Waals surface area (Å²) in [5.74, 6) is 0.568. The predicted octanol–water partition coefficient (Wildman–Crippen LogP) is 2.87. The van der Waals surface area contributed by atoms with E-state index in [1.807, 2.05) is 19.1 Å². The fourth-order valence-electron chi connectivity index (χ4n) is 3.53. The molecule has 2 atom stereocenters. The molecule has 0 amide bonds. The summed E-state index contributed by atoms with van der Waals surface area (Å²) in [5, 5.41) is 0. The van der Waals surface area contributed by atoms with Crippen molar-refractivity contribution in [3.8, 4) is 5.75 Å². The first kappa shape index (κ1) is 14.4. The topological polar surface area (TPSA) is 38.8 Å². The van der Waals surface area contributed by atoms with Crippen molar-refractivity contribution in [2.45, 2.75) is 50.8 Å². The molecule has 0 saturated carbocycles. The fraction of sp³-hybridized carbons (Fsp3) is 0.588. The van der Waals surface area contributed by atoms with Crippen molar-refractivity contribution < 1.29 is 14.3 Å². The molecule has 2 fully saturated rings. The van der Waals surface area contributed by atoms with E-state index in [2.05, 4.69) is 11.9 Å². The van der Waals surface area contributed by atoms with Crippen LogP contribution < -0.4 is 4.74 Å². The van der Waals surface area contributed by atoms with Gasteiger partial charge in [0.25, 0.3) is 0 Å². The third-order valence-corrected chi connectivity index (χ3v) is 4.73. The van der Waals surface area contributed by atoms with E-state index in [9.17, 15) is 4.79 Å². The molecule has 2 aliphatic rings. The largest absolute Gasteiger partial charge is 0.494 e. The number of carbonyl (C=O) groups is 1. The minimum Gasteiger partial charge on any atom is -0.494 e. The second kappa shape index (κ2) is 6.06. The zero-order chi connectivity index (χ0) is 14.8. The average molecular weight is 289 g/mol. The van der Waals surface area contributed by atoms with E-state index in [1.54, 1.807) is 12.1 Å². The van der Waals surface area contributed by atoms with E-state index in [-0.39, 0.29) is 12.1 Å². The molecule has 2 aliphatic heterocycles. The maximum absolute atomic E-state index is 12.2. The molecule has 0 N–H and O–H groups in total. The highest BCUT2D eigenvalue weighted by Crippen LogP contribution is 2.35. The van der Waals surface area contributed by atoms with Gasteiger partial charge in [-0.3, -0.25) is 0 Å². The van der Waals surface area contributed by atoms with Gasteiger partial charge in [0.2, 0.25) is 0 Å². The van der Waals surface area contributed by atoms with Crippen LogP contribution in [0.3, 0.4) is 0 Å². The van der Waals surface area contributed by atoms with Crippen LogP contribution in [-0.2, 0) is 4.74 Å². The van der Waals surface area contributed by atoms with Crippen molar-refractivity contribution in [2.24, 2.45) is 0 Å². The predicted molar refractivity (Wildman–Crippen MR) is 80.6 cm³/mol. The van der Waals surface area contributed by atoms with Crippen LogP contribution in [0.15, 0.2) is 24.3 Å². The minimum atomic E-state index is -0.216. The number of esters is 1. The molecule has 4 nitrogen and oxygen atoms in total. The summed E-state index contributed by atoms with van der Waals surface area (Å²) in [5.41, 5.74) is 0.602. The van der Waals surface area contributed by atoms with Crippen LogP contribution >= 0.6 is 0 Å². The summed E-state index contributed by atoms with van der Waals surface area (Å²) in [7, 11) is 2.19. The molecule has 3 rings (SSSR count). The summed E-state index contributed by atoms with van der Waals surface area (Å²) in [6.45, 7) is 2.57. The molecule has 0 spiro atoms. The van der Waals surface area contributed by atoms with E-state index in [4.69, 9.17) is 9.47 Å². The van der Waals surface area contributed by atoms with Gasteiger partial charge in [0.15, 0.2) is 0 Å². The van der Waals surface area contributed by atoms with Gasteiger partial charge in [0.05, 0.1) is 12.2 Å². The maximum Gasteiger partial charge on any atom is 0.338 e. The monoisotopic (exact) mass is 289 g/mol. The second-order valence-electron chi connectivity index (χ2n) is 6.01. The molecule has 114 valence electrons. The highest BCUT2D eigenvalue weighted by Gasteiger charge is 2.39. The Bertz CT molecular complexity index is 485. The first-order valence-electron chi connectivity index (χ1n) is 7.83. The van der Waals surface area contributed by atoms with Gasteiger partial charge in [-0.2, -0.15) is 0 Å². The minimum absolute atomic E-state index is 0.0674. The molecule has 21 heavy (non-hydrogen) atoms. The number of rotatable bonds is 4. The Balaban J connectivity index is 1.59. The highest BCUT2D eigenvalue weighted by atomic mass is 16.5. The lowest BCUT2D eigenvalue weighted by Crippen LogP contribution is -2.43. The fourth-order valence-corrected chi connectivity index (χ4v) is 3.53. The van der Waals surface area contributed by atoms with Crippen LogP contribution in [0.25, 0.3) is 0 Å². The molecule has 0 unspecified atom stereocenters. The third-order valence-electron chi connectivity index (χ3n) is 4.73. The number of nitrogens with zero attached hydrogens (tertiary/aromatic N) is 1. The summed E-state index contributed by atoms with van der Waals surface area (Å²) in [4.78, 5) is 14.7. The summed E-state index contributed by atoms with van der Waals surface area (Å²) in [6, 6.07) is 8.36. The Labute approximate surface area is 126 Å². The molecular weight excluding hydrogens is 266 g/mol. The number of benzene rings is 1. The highest BCUT2D eigenvalue weighted by molar-refractivity contribution is 5.89. The molecule has 2 heterocycles. The lowest BCUT2D eigenvalue weighted by Gasteiger charge is -2.35. The average Bonchev–Trinajstić information content (AvgIpc) is 2.71. The van der Waals surface area contributed by atoms with E-state index < -0.39 is 0 Å². The van der Waals surface area contributed by atoms with Gasteiger partial charge in [-0.15, -0.1) is 0 Å². The Hall–Kier alpha value is -1.55. The molecule has 0 aliphatic carbocycles. The van der Waals surface area contributed by atoms with Crippen molar-refractivity contribution in [2.75, 3.05) is 13.7 Å². The standard InChI is InChI=1S/C17H23NO3/c1-3-20-15-8-4-12(5-9-15)17(19)21-16-10-13-6-7-14(11-16)18(13)2/h4-5,8-9,13-14,16H,3,6-7,10-11H2,1-2H3/t13-,14-/m1/s1. The zero-order valence-electron chi connectivity index (χ0n) is 12.7. The Morgan fingerprint density at radius 3 is 2.38 bits per heavy atom. The molecule has 1 aromatic carbocycles. The van der Waals surface area contributed by atoms with Crippen LogP contribution in [-0.4, -0.2) is 42.7 Å². The molecule has 2 bridgehead atoms. The quantitative estimate of drug-likeness (QED) is 0.799. The van der Waals surface area contributed by atoms with Gasteiger partial charge in [0.1, 0.15) is 11.9 Å². The summed E-state index contributed by atoms with van der Waals surface area (Å²) < 4.78 is 11.1. The Morgan fingerprint density at radius 2 is 1.81 bits per heavy atom. The van der Waals surface area contributed by atoms with Gasteiger partial charge < -0.3 is 14.4 Å². The van der Waals surface area contributed by atoms with E-state index >= 15 is 0 Å². The van der Waals surface area contributed by atoms with Gasteiger partial charge in [-0.1, -0.05) is 0 Å². The third kappa shape index (κ3) is 3.05. The van der Waals surface area contributed by atoms with Gasteiger partial charge in [0, 0.05) is 24.9 Å². The number of carbonyl (C=O) groups excluding carboxylic acids is 1. The number of hydrogen-bond acceptors (Lipinski definition) is 4. The maximum atomic E-state index is 12.2. The van der Waals surface area contributed by atoms with Crippen molar-refractivity contribution in [1.82, 2.24) is 4.90 Å². The summed E-state index contributed by atoms with van der Waals surface area (Å²) >= 11 is 0. The van der Waals surface area contributed by atoms with Crippen LogP contribution in [0.4, 0.5) is 0 Å². The van der Waals surface area contributed by atoms with Gasteiger partial charge >= 0.3 is 5.97 Å². The lowest BCUT2D eigenvalue weighted by molar-refractivity contribution is -0.000449. The van der Waals surface area contributed by atoms with E-state index in [1.165, 1.54) is 12.8 Å². The van der Waals surface area contributed by atoms with Crippen molar-refractivity contribution in [3.05, 3.63) is 29.8 Å². The first-order valence-corrected chi connectivity index (χ1v) is 7.83. The lowest BCUT2D eigenvalue weighted by atomic mass is 10.0. The number of fused-ring (bicyclic) bond motifs is 2. The van der Waals surface area contributed by atoms with Crippen LogP contribution in [0.1, 0.15) is 43.0 Å². The molecule has 2 saturated heterocycles. The van der Waals surface area contributed by atoms with E-state index in [0.717, 1.165) is 18.6 Å². The first-order chi connectivity index (χ1) is 10.2. The van der Waals surface area contributed by atoms with Gasteiger partial charge in [-0.05, 0) is 51.1 Å². The Morgan fingerprint density at radius 1 is 1.19 bits per heavy atom. The second-order valence-corrected chi connectivity index (χ2v) is 6.01. The molecule has 0 radical (unpaired) electrons. The normalized spacial score (nSPS) is 28.4.